The fourth-order valence-electron chi connectivity index (χ4n) is 1.80. The summed E-state index contributed by atoms with van der Waals surface area (Å²) in [7, 11) is -4.56. The predicted octanol–water partition coefficient (Wildman–Crippen LogP) is 3.07. The Morgan fingerprint density at radius 3 is 2.10 bits per heavy atom. The predicted molar refractivity (Wildman–Crippen MR) is 80.5 cm³/mol. The van der Waals surface area contributed by atoms with Crippen molar-refractivity contribution in [1.82, 2.24) is 0 Å². The van der Waals surface area contributed by atoms with E-state index in [1.165, 1.54) is 6.07 Å². The molecule has 5 nitrogen and oxygen atoms in total. The Balaban J connectivity index is 2.81. The zero-order valence-electron chi connectivity index (χ0n) is 9.97. The van der Waals surface area contributed by atoms with Gasteiger partial charge in [0, 0.05) is 11.3 Å². The van der Waals surface area contributed by atoms with Crippen molar-refractivity contribution in [3.8, 4) is 11.1 Å². The average molecular weight is 333 g/mol. The Labute approximate surface area is 125 Å². The second-order valence-corrected chi connectivity index (χ2v) is 6.21. The molecule has 0 heterocycles. The molecule has 106 valence electrons. The van der Waals surface area contributed by atoms with E-state index in [0.29, 0.717) is 11.3 Å². The fraction of sp³-hybridized carbons (Fsp3) is 0. The van der Waals surface area contributed by atoms with Gasteiger partial charge in [0.05, 0.1) is 15.7 Å². The molecule has 5 N–H and O–H groups in total. The molecule has 2 rings (SSSR count). The number of halogens is 2. The fourth-order valence-corrected chi connectivity index (χ4v) is 3.46. The van der Waals surface area contributed by atoms with Gasteiger partial charge in [0.1, 0.15) is 4.90 Å². The number of nitrogen functional groups attached to an aromatic ring is 2. The van der Waals surface area contributed by atoms with Crippen LogP contribution in [0.2, 0.25) is 10.0 Å². The van der Waals surface area contributed by atoms with Crippen LogP contribution in [-0.4, -0.2) is 13.0 Å². The molecule has 0 saturated carbocycles. The number of nitrogens with two attached hydrogens (primary N) is 2. The van der Waals surface area contributed by atoms with E-state index in [2.05, 4.69) is 0 Å². The van der Waals surface area contributed by atoms with Gasteiger partial charge in [0.25, 0.3) is 10.1 Å². The van der Waals surface area contributed by atoms with Crippen LogP contribution < -0.4 is 11.5 Å². The molecule has 0 aliphatic rings. The van der Waals surface area contributed by atoms with Crippen LogP contribution in [0, 0.1) is 0 Å². The van der Waals surface area contributed by atoms with Crippen LogP contribution in [0.4, 0.5) is 11.4 Å². The van der Waals surface area contributed by atoms with Gasteiger partial charge in [-0.1, -0.05) is 35.3 Å². The number of benzene rings is 2. The lowest BCUT2D eigenvalue weighted by atomic mass is 10.0. The van der Waals surface area contributed by atoms with Crippen LogP contribution in [0.15, 0.2) is 35.2 Å². The molecule has 0 fully saturated rings. The minimum Gasteiger partial charge on any atom is -0.399 e. The van der Waals surface area contributed by atoms with Crippen LogP contribution in [0.1, 0.15) is 0 Å². The van der Waals surface area contributed by atoms with Gasteiger partial charge in [-0.05, 0) is 23.8 Å². The van der Waals surface area contributed by atoms with Gasteiger partial charge in [-0.15, -0.1) is 0 Å². The third-order valence-corrected chi connectivity index (χ3v) is 4.40. The summed E-state index contributed by atoms with van der Waals surface area (Å²) in [5.41, 5.74) is 12.3. The van der Waals surface area contributed by atoms with Crippen molar-refractivity contribution < 1.29 is 13.0 Å². The number of rotatable bonds is 2. The Morgan fingerprint density at radius 2 is 1.60 bits per heavy atom. The van der Waals surface area contributed by atoms with Crippen LogP contribution >= 0.6 is 23.2 Å². The molecule has 2 aromatic rings. The summed E-state index contributed by atoms with van der Waals surface area (Å²) < 4.78 is 31.9. The first-order valence-electron chi connectivity index (χ1n) is 5.32. The molecule has 0 spiro atoms. The topological polar surface area (TPSA) is 106 Å². The van der Waals surface area contributed by atoms with Crippen LogP contribution in [0.3, 0.4) is 0 Å². The maximum Gasteiger partial charge on any atom is 0.298 e. The molecule has 0 aromatic heterocycles. The standard InChI is InChI=1S/C12H10Cl2N2O3S/c13-8-5-9(16)12(20(17,18)19)11(14)10(8)6-1-3-7(15)4-2-6/h1-5H,15-16H2,(H,17,18,19). The number of anilines is 2. The average Bonchev–Trinajstić information content (AvgIpc) is 2.28. The first-order valence-corrected chi connectivity index (χ1v) is 7.52. The molecule has 2 aromatic carbocycles. The second-order valence-electron chi connectivity index (χ2n) is 4.06. The van der Waals surface area contributed by atoms with E-state index in [1.54, 1.807) is 24.3 Å². The van der Waals surface area contributed by atoms with Crippen molar-refractivity contribution in [2.24, 2.45) is 0 Å². The number of hydrogen-bond acceptors (Lipinski definition) is 4. The molecular weight excluding hydrogens is 323 g/mol. The maximum atomic E-state index is 11.4. The van der Waals surface area contributed by atoms with Crippen molar-refractivity contribution in [2.45, 2.75) is 4.90 Å². The summed E-state index contributed by atoms with van der Waals surface area (Å²) >= 11 is 12.1. The van der Waals surface area contributed by atoms with E-state index in [4.69, 9.17) is 34.7 Å². The van der Waals surface area contributed by atoms with Gasteiger partial charge in [0.2, 0.25) is 0 Å². The van der Waals surface area contributed by atoms with E-state index in [9.17, 15) is 13.0 Å². The third-order valence-electron chi connectivity index (χ3n) is 2.66. The molecule has 0 amide bonds. The van der Waals surface area contributed by atoms with Gasteiger partial charge in [-0.2, -0.15) is 8.42 Å². The third kappa shape index (κ3) is 2.69. The minimum absolute atomic E-state index is 0.171. The lowest BCUT2D eigenvalue weighted by molar-refractivity contribution is 0.484. The van der Waals surface area contributed by atoms with Gasteiger partial charge in [-0.3, -0.25) is 4.55 Å². The summed E-state index contributed by atoms with van der Waals surface area (Å²) in [6.07, 6.45) is 0. The number of hydrogen-bond donors (Lipinski definition) is 3. The highest BCUT2D eigenvalue weighted by molar-refractivity contribution is 7.86. The smallest absolute Gasteiger partial charge is 0.298 e. The van der Waals surface area contributed by atoms with Crippen molar-refractivity contribution in [1.29, 1.82) is 0 Å². The Bertz CT molecular complexity index is 774. The molecule has 0 aliphatic carbocycles. The van der Waals surface area contributed by atoms with Crippen molar-refractivity contribution in [3.63, 3.8) is 0 Å². The SMILES string of the molecule is Nc1ccc(-c2c(Cl)cc(N)c(S(=O)(=O)O)c2Cl)cc1. The van der Waals surface area contributed by atoms with Gasteiger partial charge in [0.15, 0.2) is 0 Å². The molecule has 8 heteroatoms. The minimum atomic E-state index is -4.56. The van der Waals surface area contributed by atoms with E-state index in [-0.39, 0.29) is 21.3 Å². The highest BCUT2D eigenvalue weighted by Gasteiger charge is 2.24. The Kier molecular flexibility index (Phi) is 3.84. The van der Waals surface area contributed by atoms with E-state index in [1.807, 2.05) is 0 Å². The van der Waals surface area contributed by atoms with Crippen molar-refractivity contribution in [2.75, 3.05) is 11.5 Å². The zero-order valence-corrected chi connectivity index (χ0v) is 12.3. The van der Waals surface area contributed by atoms with Crippen LogP contribution in [-0.2, 0) is 10.1 Å². The highest BCUT2D eigenvalue weighted by atomic mass is 35.5. The zero-order chi connectivity index (χ0) is 15.1. The molecular formula is C12H10Cl2N2O3S. The van der Waals surface area contributed by atoms with Crippen molar-refractivity contribution in [3.05, 3.63) is 40.4 Å². The first kappa shape index (κ1) is 14.9. The summed E-state index contributed by atoms with van der Waals surface area (Å²) in [6.45, 7) is 0. The maximum absolute atomic E-state index is 11.4. The molecule has 0 atom stereocenters. The van der Waals surface area contributed by atoms with Crippen molar-refractivity contribution >= 4 is 44.7 Å². The molecule has 0 aliphatic heterocycles. The molecule has 0 unspecified atom stereocenters. The van der Waals surface area contributed by atoms with E-state index >= 15 is 0 Å². The quantitative estimate of drug-likeness (QED) is 0.578. The lowest BCUT2D eigenvalue weighted by Crippen LogP contribution is -2.05. The van der Waals surface area contributed by atoms with Crippen LogP contribution in [0.25, 0.3) is 11.1 Å². The van der Waals surface area contributed by atoms with E-state index < -0.39 is 15.0 Å². The molecule has 20 heavy (non-hydrogen) atoms. The second kappa shape index (κ2) is 5.14. The van der Waals surface area contributed by atoms with Gasteiger partial charge >= 0.3 is 0 Å². The van der Waals surface area contributed by atoms with Gasteiger partial charge in [-0.25, -0.2) is 0 Å². The summed E-state index contributed by atoms with van der Waals surface area (Å²) in [4.78, 5) is -0.560. The Morgan fingerprint density at radius 1 is 1.05 bits per heavy atom. The molecule has 0 saturated heterocycles. The first-order chi connectivity index (χ1) is 9.21. The summed E-state index contributed by atoms with van der Waals surface area (Å²) in [6, 6.07) is 7.72. The van der Waals surface area contributed by atoms with E-state index in [0.717, 1.165) is 0 Å². The van der Waals surface area contributed by atoms with Gasteiger partial charge < -0.3 is 11.5 Å². The lowest BCUT2D eigenvalue weighted by Gasteiger charge is -2.13. The largest absolute Gasteiger partial charge is 0.399 e. The monoisotopic (exact) mass is 332 g/mol. The normalized spacial score (nSPS) is 11.6. The molecule has 0 bridgehead atoms. The molecule has 0 radical (unpaired) electrons. The summed E-state index contributed by atoms with van der Waals surface area (Å²) in [5, 5.41) is -0.0630. The summed E-state index contributed by atoms with van der Waals surface area (Å²) in [5.74, 6) is 0. The van der Waals surface area contributed by atoms with Crippen LogP contribution in [0.5, 0.6) is 0 Å². The highest BCUT2D eigenvalue weighted by Crippen LogP contribution is 2.41. The Hall–Kier alpha value is -1.47.